The largest absolute Gasteiger partial charge is 0.313 e. The Morgan fingerprint density at radius 3 is 2.65 bits per heavy atom. The molecular formula is C12H14FNO2S. The maximum absolute atomic E-state index is 13.4. The summed E-state index contributed by atoms with van der Waals surface area (Å²) in [5.74, 6) is -0.512. The second-order valence-corrected chi connectivity index (χ2v) is 6.15. The van der Waals surface area contributed by atoms with Crippen LogP contribution >= 0.6 is 0 Å². The smallest absolute Gasteiger partial charge is 0.175 e. The molecule has 0 aromatic heterocycles. The lowest BCUT2D eigenvalue weighted by Gasteiger charge is -2.15. The molecule has 17 heavy (non-hydrogen) atoms. The van der Waals surface area contributed by atoms with Gasteiger partial charge in [-0.15, -0.1) is 0 Å². The van der Waals surface area contributed by atoms with Gasteiger partial charge in [0.05, 0.1) is 4.90 Å². The van der Waals surface area contributed by atoms with Crippen LogP contribution in [0.25, 0.3) is 5.57 Å². The van der Waals surface area contributed by atoms with Gasteiger partial charge in [0.1, 0.15) is 5.82 Å². The first kappa shape index (κ1) is 12.3. The zero-order chi connectivity index (χ0) is 12.5. The molecule has 1 aliphatic heterocycles. The lowest BCUT2D eigenvalue weighted by molar-refractivity contribution is 0.595. The lowest BCUT2D eigenvalue weighted by Crippen LogP contribution is -2.20. The summed E-state index contributed by atoms with van der Waals surface area (Å²) in [6.07, 6.45) is 3.83. The average Bonchev–Trinajstić information content (AvgIpc) is 2.28. The highest BCUT2D eigenvalue weighted by Crippen LogP contribution is 2.23. The van der Waals surface area contributed by atoms with E-state index in [-0.39, 0.29) is 4.90 Å². The highest BCUT2D eigenvalue weighted by atomic mass is 32.2. The van der Waals surface area contributed by atoms with Crippen molar-refractivity contribution in [2.24, 2.45) is 0 Å². The minimum atomic E-state index is -3.37. The van der Waals surface area contributed by atoms with Gasteiger partial charge in [0.15, 0.2) is 9.84 Å². The third-order valence-electron chi connectivity index (χ3n) is 2.73. The molecule has 1 aromatic rings. The summed E-state index contributed by atoms with van der Waals surface area (Å²) in [5, 5.41) is 3.16. The van der Waals surface area contributed by atoms with Crippen molar-refractivity contribution < 1.29 is 12.8 Å². The van der Waals surface area contributed by atoms with Crippen molar-refractivity contribution in [3.63, 3.8) is 0 Å². The van der Waals surface area contributed by atoms with Crippen molar-refractivity contribution in [3.05, 3.63) is 35.7 Å². The molecule has 0 bridgehead atoms. The molecule has 0 aliphatic carbocycles. The lowest BCUT2D eigenvalue weighted by atomic mass is 10.0. The minimum Gasteiger partial charge on any atom is -0.313 e. The Kier molecular flexibility index (Phi) is 3.31. The molecule has 0 amide bonds. The van der Waals surface area contributed by atoms with Gasteiger partial charge in [-0.25, -0.2) is 12.8 Å². The van der Waals surface area contributed by atoms with E-state index in [9.17, 15) is 12.8 Å². The molecule has 0 unspecified atom stereocenters. The Labute approximate surface area is 100 Å². The van der Waals surface area contributed by atoms with E-state index in [1.54, 1.807) is 0 Å². The van der Waals surface area contributed by atoms with Gasteiger partial charge in [-0.05, 0) is 42.3 Å². The molecule has 92 valence electrons. The highest BCUT2D eigenvalue weighted by Gasteiger charge is 2.13. The van der Waals surface area contributed by atoms with E-state index in [1.807, 2.05) is 6.08 Å². The van der Waals surface area contributed by atoms with Crippen LogP contribution in [0.2, 0.25) is 0 Å². The monoisotopic (exact) mass is 255 g/mol. The molecule has 0 radical (unpaired) electrons. The summed E-state index contributed by atoms with van der Waals surface area (Å²) < 4.78 is 36.2. The number of rotatable bonds is 2. The van der Waals surface area contributed by atoms with Gasteiger partial charge >= 0.3 is 0 Å². The van der Waals surface area contributed by atoms with Crippen molar-refractivity contribution in [3.8, 4) is 0 Å². The Bertz CT molecular complexity index is 564. The Balaban J connectivity index is 2.48. The Morgan fingerprint density at radius 2 is 2.06 bits per heavy atom. The summed E-state index contributed by atoms with van der Waals surface area (Å²) in [4.78, 5) is 0.0342. The maximum Gasteiger partial charge on any atom is 0.175 e. The molecule has 1 aromatic carbocycles. The first-order valence-corrected chi connectivity index (χ1v) is 7.27. The van der Waals surface area contributed by atoms with Gasteiger partial charge in [0, 0.05) is 12.8 Å². The normalized spacial score (nSPS) is 16.7. The van der Waals surface area contributed by atoms with Crippen LogP contribution in [0.4, 0.5) is 4.39 Å². The van der Waals surface area contributed by atoms with Crippen molar-refractivity contribution in [2.75, 3.05) is 19.3 Å². The van der Waals surface area contributed by atoms with E-state index in [4.69, 9.17) is 0 Å². The predicted octanol–water partition coefficient (Wildman–Crippen LogP) is 1.61. The van der Waals surface area contributed by atoms with Crippen LogP contribution in [0.15, 0.2) is 29.2 Å². The summed E-state index contributed by atoms with van der Waals surface area (Å²) in [7, 11) is -3.37. The fourth-order valence-electron chi connectivity index (χ4n) is 1.85. The van der Waals surface area contributed by atoms with Crippen LogP contribution in [0.3, 0.4) is 0 Å². The van der Waals surface area contributed by atoms with Gasteiger partial charge in [-0.1, -0.05) is 6.08 Å². The third kappa shape index (κ3) is 2.92. The quantitative estimate of drug-likeness (QED) is 0.873. The van der Waals surface area contributed by atoms with E-state index in [2.05, 4.69) is 5.32 Å². The number of benzene rings is 1. The summed E-state index contributed by atoms with van der Waals surface area (Å²) in [6, 6.07) is 3.97. The highest BCUT2D eigenvalue weighted by molar-refractivity contribution is 7.90. The maximum atomic E-state index is 13.4. The molecule has 0 saturated carbocycles. The molecule has 0 saturated heterocycles. The molecule has 3 nitrogen and oxygen atoms in total. The van der Waals surface area contributed by atoms with E-state index >= 15 is 0 Å². The van der Waals surface area contributed by atoms with Crippen molar-refractivity contribution in [2.45, 2.75) is 11.3 Å². The number of hydrogen-bond donors (Lipinski definition) is 1. The summed E-state index contributed by atoms with van der Waals surface area (Å²) in [5.41, 5.74) is 1.65. The fourth-order valence-corrected chi connectivity index (χ4v) is 2.51. The number of sulfone groups is 1. The summed E-state index contributed by atoms with van der Waals surface area (Å²) in [6.45, 7) is 1.57. The van der Waals surface area contributed by atoms with Crippen LogP contribution < -0.4 is 5.32 Å². The second kappa shape index (κ2) is 4.58. The van der Waals surface area contributed by atoms with Gasteiger partial charge in [-0.3, -0.25) is 0 Å². The van der Waals surface area contributed by atoms with Crippen molar-refractivity contribution in [1.82, 2.24) is 5.32 Å². The van der Waals surface area contributed by atoms with Crippen LogP contribution in [-0.2, 0) is 9.84 Å². The Hall–Kier alpha value is -1.20. The van der Waals surface area contributed by atoms with E-state index in [1.165, 1.54) is 12.1 Å². The number of halogens is 1. The standard InChI is InChI=1S/C12H14FNO2S/c1-17(15,16)12-7-10(6-11(13)8-12)9-2-4-14-5-3-9/h2,6-8,14H,3-5H2,1H3. The molecule has 5 heteroatoms. The predicted molar refractivity (Wildman–Crippen MR) is 65.0 cm³/mol. The zero-order valence-corrected chi connectivity index (χ0v) is 10.3. The van der Waals surface area contributed by atoms with Crippen molar-refractivity contribution >= 4 is 15.4 Å². The number of nitrogens with one attached hydrogen (secondary N) is 1. The van der Waals surface area contributed by atoms with Gasteiger partial charge in [0.2, 0.25) is 0 Å². The van der Waals surface area contributed by atoms with Gasteiger partial charge in [-0.2, -0.15) is 0 Å². The third-order valence-corrected chi connectivity index (χ3v) is 3.83. The SMILES string of the molecule is CS(=O)(=O)c1cc(F)cc(C2=CCNCC2)c1. The van der Waals surface area contributed by atoms with E-state index in [0.29, 0.717) is 5.56 Å². The first-order chi connectivity index (χ1) is 7.97. The average molecular weight is 255 g/mol. The number of hydrogen-bond acceptors (Lipinski definition) is 3. The molecule has 1 aliphatic rings. The summed E-state index contributed by atoms with van der Waals surface area (Å²) >= 11 is 0. The van der Waals surface area contributed by atoms with Gasteiger partial charge in [0.25, 0.3) is 0 Å². The van der Waals surface area contributed by atoms with Crippen LogP contribution in [-0.4, -0.2) is 27.8 Å². The van der Waals surface area contributed by atoms with E-state index < -0.39 is 15.7 Å². The molecule has 0 atom stereocenters. The van der Waals surface area contributed by atoms with Crippen LogP contribution in [0, 0.1) is 5.82 Å². The van der Waals surface area contributed by atoms with E-state index in [0.717, 1.165) is 37.4 Å². The molecule has 2 rings (SSSR count). The first-order valence-electron chi connectivity index (χ1n) is 5.37. The molecule has 1 heterocycles. The molecular weight excluding hydrogens is 241 g/mol. The van der Waals surface area contributed by atoms with Crippen molar-refractivity contribution in [1.29, 1.82) is 0 Å². The zero-order valence-electron chi connectivity index (χ0n) is 9.53. The Morgan fingerprint density at radius 1 is 1.29 bits per heavy atom. The molecule has 1 N–H and O–H groups in total. The topological polar surface area (TPSA) is 46.2 Å². The molecule has 0 fully saturated rings. The van der Waals surface area contributed by atoms with Crippen LogP contribution in [0.5, 0.6) is 0 Å². The van der Waals surface area contributed by atoms with Gasteiger partial charge < -0.3 is 5.32 Å². The second-order valence-electron chi connectivity index (χ2n) is 4.13. The van der Waals surface area contributed by atoms with Crippen LogP contribution in [0.1, 0.15) is 12.0 Å². The molecule has 0 spiro atoms. The fraction of sp³-hybridized carbons (Fsp3) is 0.333. The minimum absolute atomic E-state index is 0.0342.